The monoisotopic (exact) mass is 327 g/mol. The molecule has 0 aromatic carbocycles. The van der Waals surface area contributed by atoms with Gasteiger partial charge >= 0.3 is 0 Å². The number of hydrogen-bond acceptors (Lipinski definition) is 5. The smallest absolute Gasteiger partial charge is 0.216 e. The Kier molecular flexibility index (Phi) is 5.52. The summed E-state index contributed by atoms with van der Waals surface area (Å²) in [4.78, 5) is 8.81. The van der Waals surface area contributed by atoms with E-state index < -0.39 is 10.0 Å². The summed E-state index contributed by atoms with van der Waals surface area (Å²) in [5.74, 6) is 1.01. The van der Waals surface area contributed by atoms with Crippen LogP contribution in [-0.2, 0) is 21.4 Å². The fourth-order valence-corrected chi connectivity index (χ4v) is 4.13. The van der Waals surface area contributed by atoms with Gasteiger partial charge in [-0.25, -0.2) is 22.7 Å². The second kappa shape index (κ2) is 7.02. The molecule has 0 amide bonds. The Balaban J connectivity index is 2.14. The minimum Gasteiger partial charge on any atom is -0.380 e. The van der Waals surface area contributed by atoms with Gasteiger partial charge in [0.05, 0.1) is 17.6 Å². The summed E-state index contributed by atoms with van der Waals surface area (Å²) in [6.45, 7) is 6.93. The van der Waals surface area contributed by atoms with Crippen LogP contribution in [0.2, 0.25) is 0 Å². The Labute approximate surface area is 133 Å². The van der Waals surface area contributed by atoms with E-state index in [1.807, 2.05) is 13.1 Å². The van der Waals surface area contributed by atoms with E-state index in [0.717, 1.165) is 29.9 Å². The molecule has 0 spiro atoms. The number of aromatic nitrogens is 2. The minimum atomic E-state index is -3.16. The molecular weight excluding hydrogens is 302 g/mol. The Bertz CT molecular complexity index is 608. The van der Waals surface area contributed by atoms with Gasteiger partial charge in [-0.05, 0) is 33.6 Å². The molecule has 7 heteroatoms. The zero-order chi connectivity index (χ0) is 16.3. The van der Waals surface area contributed by atoms with Crippen molar-refractivity contribution in [1.82, 2.24) is 14.3 Å². The second-order valence-corrected chi connectivity index (χ2v) is 8.52. The Morgan fingerprint density at radius 1 is 1.36 bits per heavy atom. The van der Waals surface area contributed by atoms with E-state index in [4.69, 9.17) is 4.74 Å². The van der Waals surface area contributed by atoms with Crippen molar-refractivity contribution in [3.63, 3.8) is 0 Å². The van der Waals surface area contributed by atoms with Crippen molar-refractivity contribution in [2.24, 2.45) is 0 Å². The van der Waals surface area contributed by atoms with Crippen LogP contribution in [0, 0.1) is 6.92 Å². The maximum Gasteiger partial charge on any atom is 0.216 e. The highest BCUT2D eigenvalue weighted by Gasteiger charge is 2.31. The molecule has 0 N–H and O–H groups in total. The van der Waals surface area contributed by atoms with Gasteiger partial charge in [0.1, 0.15) is 5.82 Å². The first kappa shape index (κ1) is 17.3. The van der Waals surface area contributed by atoms with Crippen LogP contribution >= 0.6 is 0 Å². The lowest BCUT2D eigenvalue weighted by Crippen LogP contribution is -2.41. The third-order valence-electron chi connectivity index (χ3n) is 4.11. The van der Waals surface area contributed by atoms with Crippen LogP contribution in [0.3, 0.4) is 0 Å². The van der Waals surface area contributed by atoms with Crippen molar-refractivity contribution in [2.45, 2.75) is 51.4 Å². The molecule has 0 aliphatic carbocycles. The number of hydrogen-bond donors (Lipinski definition) is 0. The van der Waals surface area contributed by atoms with E-state index >= 15 is 0 Å². The molecule has 22 heavy (non-hydrogen) atoms. The van der Waals surface area contributed by atoms with Gasteiger partial charge in [-0.2, -0.15) is 0 Å². The Morgan fingerprint density at radius 3 is 2.55 bits per heavy atom. The molecular formula is C15H25N3O3S. The van der Waals surface area contributed by atoms with Crippen LogP contribution in [0.5, 0.6) is 0 Å². The van der Waals surface area contributed by atoms with Crippen LogP contribution in [0.25, 0.3) is 0 Å². The zero-order valence-corrected chi connectivity index (χ0v) is 14.6. The predicted octanol–water partition coefficient (Wildman–Crippen LogP) is 1.85. The van der Waals surface area contributed by atoms with Crippen molar-refractivity contribution in [3.8, 4) is 0 Å². The number of ether oxygens (including phenoxy) is 1. The molecule has 1 aromatic heterocycles. The summed E-state index contributed by atoms with van der Waals surface area (Å²) < 4.78 is 31.3. The second-order valence-electron chi connectivity index (χ2n) is 6.03. The fraction of sp³-hybridized carbons (Fsp3) is 0.733. The summed E-state index contributed by atoms with van der Waals surface area (Å²) in [6.07, 6.45) is 3.40. The number of piperidine rings is 1. The average Bonchev–Trinajstić information content (AvgIpc) is 2.49. The quantitative estimate of drug-likeness (QED) is 0.825. The van der Waals surface area contributed by atoms with Crippen LogP contribution < -0.4 is 0 Å². The van der Waals surface area contributed by atoms with E-state index in [1.165, 1.54) is 0 Å². The summed E-state index contributed by atoms with van der Waals surface area (Å²) in [6, 6.07) is 0. The molecule has 6 nitrogen and oxygen atoms in total. The third-order valence-corrected chi connectivity index (χ3v) is 6.39. The number of methoxy groups -OCH3 is 1. The van der Waals surface area contributed by atoms with Crippen molar-refractivity contribution >= 4 is 10.0 Å². The fourth-order valence-electron chi connectivity index (χ4n) is 2.81. The molecule has 1 fully saturated rings. The SMILES string of the molecule is COCc1cnc(C)nc1C1CCN(S(=O)(=O)C(C)C)CC1. The molecule has 2 rings (SSSR count). The molecule has 1 aliphatic heterocycles. The van der Waals surface area contributed by atoms with Crippen molar-refractivity contribution in [1.29, 1.82) is 0 Å². The highest BCUT2D eigenvalue weighted by atomic mass is 32.2. The van der Waals surface area contributed by atoms with Crippen LogP contribution in [0.4, 0.5) is 0 Å². The van der Waals surface area contributed by atoms with E-state index in [-0.39, 0.29) is 11.2 Å². The first-order valence-corrected chi connectivity index (χ1v) is 9.17. The topological polar surface area (TPSA) is 72.4 Å². The van der Waals surface area contributed by atoms with Gasteiger partial charge in [0.25, 0.3) is 0 Å². The third kappa shape index (κ3) is 3.64. The lowest BCUT2D eigenvalue weighted by Gasteiger charge is -2.32. The normalized spacial score (nSPS) is 18.0. The van der Waals surface area contributed by atoms with Gasteiger partial charge in [-0.3, -0.25) is 0 Å². The molecule has 1 aliphatic rings. The molecule has 1 aromatic rings. The van der Waals surface area contributed by atoms with Gasteiger partial charge < -0.3 is 4.74 Å². The average molecular weight is 327 g/mol. The maximum atomic E-state index is 12.2. The van der Waals surface area contributed by atoms with Crippen LogP contribution in [-0.4, -0.2) is 48.1 Å². The Morgan fingerprint density at radius 2 is 2.00 bits per heavy atom. The highest BCUT2D eigenvalue weighted by Crippen LogP contribution is 2.30. The van der Waals surface area contributed by atoms with Crippen molar-refractivity contribution < 1.29 is 13.2 Å². The van der Waals surface area contributed by atoms with Crippen molar-refractivity contribution in [3.05, 3.63) is 23.3 Å². The number of sulfonamides is 1. The molecule has 0 saturated carbocycles. The van der Waals surface area contributed by atoms with E-state index in [9.17, 15) is 8.42 Å². The van der Waals surface area contributed by atoms with Gasteiger partial charge in [0.2, 0.25) is 10.0 Å². The van der Waals surface area contributed by atoms with Gasteiger partial charge in [-0.15, -0.1) is 0 Å². The van der Waals surface area contributed by atoms with Crippen molar-refractivity contribution in [2.75, 3.05) is 20.2 Å². The molecule has 0 bridgehead atoms. The number of rotatable bonds is 5. The largest absolute Gasteiger partial charge is 0.380 e. The Hall–Kier alpha value is -1.05. The number of nitrogens with zero attached hydrogens (tertiary/aromatic N) is 3. The highest BCUT2D eigenvalue weighted by molar-refractivity contribution is 7.89. The van der Waals surface area contributed by atoms with Gasteiger partial charge in [-0.1, -0.05) is 0 Å². The summed E-state index contributed by atoms with van der Waals surface area (Å²) in [5.41, 5.74) is 2.01. The molecule has 0 atom stereocenters. The molecule has 2 heterocycles. The van der Waals surface area contributed by atoms with Gasteiger partial charge in [0, 0.05) is 37.9 Å². The van der Waals surface area contributed by atoms with Gasteiger partial charge in [0.15, 0.2) is 0 Å². The minimum absolute atomic E-state index is 0.269. The first-order valence-electron chi connectivity index (χ1n) is 7.66. The lowest BCUT2D eigenvalue weighted by molar-refractivity contribution is 0.182. The van der Waals surface area contributed by atoms with E-state index in [0.29, 0.717) is 19.7 Å². The molecule has 124 valence electrons. The van der Waals surface area contributed by atoms with Crippen LogP contribution in [0.1, 0.15) is 49.7 Å². The lowest BCUT2D eigenvalue weighted by atomic mass is 9.92. The summed E-state index contributed by atoms with van der Waals surface area (Å²) in [7, 11) is -1.50. The number of aryl methyl sites for hydroxylation is 1. The van der Waals surface area contributed by atoms with Crippen LogP contribution in [0.15, 0.2) is 6.20 Å². The molecule has 0 radical (unpaired) electrons. The maximum absolute atomic E-state index is 12.2. The standard InChI is InChI=1S/C15H25N3O3S/c1-11(2)22(19,20)18-7-5-13(6-8-18)15-14(10-21-4)9-16-12(3)17-15/h9,11,13H,5-8,10H2,1-4H3. The zero-order valence-electron chi connectivity index (χ0n) is 13.7. The van der Waals surface area contributed by atoms with E-state index in [2.05, 4.69) is 9.97 Å². The summed E-state index contributed by atoms with van der Waals surface area (Å²) >= 11 is 0. The molecule has 0 unspecified atom stereocenters. The summed E-state index contributed by atoms with van der Waals surface area (Å²) in [5, 5.41) is -0.366. The predicted molar refractivity (Wildman–Crippen MR) is 85.1 cm³/mol. The first-order chi connectivity index (χ1) is 10.4. The molecule has 1 saturated heterocycles. The van der Waals surface area contributed by atoms with E-state index in [1.54, 1.807) is 25.3 Å².